The second-order valence-electron chi connectivity index (χ2n) is 5.90. The van der Waals surface area contributed by atoms with Gasteiger partial charge < -0.3 is 20.3 Å². The lowest BCUT2D eigenvalue weighted by molar-refractivity contribution is -0.136. The maximum Gasteiger partial charge on any atom is 0.248 e. The fraction of sp³-hybridized carbons (Fsp3) is 0.688. The molecule has 0 radical (unpaired) electrons. The normalized spacial score (nSPS) is 15.7. The Morgan fingerprint density at radius 2 is 2.08 bits per heavy atom. The van der Waals surface area contributed by atoms with E-state index in [-0.39, 0.29) is 36.5 Å². The van der Waals surface area contributed by atoms with Crippen molar-refractivity contribution >= 4 is 47.2 Å². The molecule has 1 amide bonds. The number of hydrogen-bond donors (Lipinski definition) is 2. The number of aliphatic imine (C=N–C) groups is 1. The summed E-state index contributed by atoms with van der Waals surface area (Å²) < 4.78 is 4.91. The van der Waals surface area contributed by atoms with Gasteiger partial charge in [0.1, 0.15) is 6.61 Å². The predicted molar refractivity (Wildman–Crippen MR) is 112 cm³/mol. The smallest absolute Gasteiger partial charge is 0.248 e. The van der Waals surface area contributed by atoms with E-state index in [4.69, 9.17) is 4.74 Å². The lowest BCUT2D eigenvalue weighted by atomic mass is 10.1. The number of amides is 1. The van der Waals surface area contributed by atoms with Crippen LogP contribution in [-0.4, -0.2) is 61.6 Å². The van der Waals surface area contributed by atoms with Crippen molar-refractivity contribution in [1.82, 2.24) is 20.5 Å². The van der Waals surface area contributed by atoms with E-state index in [2.05, 4.69) is 20.6 Å². The predicted octanol–water partition coefficient (Wildman–Crippen LogP) is 1.68. The molecule has 9 heteroatoms. The Morgan fingerprint density at radius 3 is 2.60 bits per heavy atom. The van der Waals surface area contributed by atoms with Crippen LogP contribution in [0.4, 0.5) is 0 Å². The standard InChI is InChI=1S/C16H27N5O2S.HI/c1-11-14(24-12(2)19-11)9-18-16(17-3)20-13-5-7-21(8-6-13)15(22)10-23-4;/h13H,5-10H2,1-4H3,(H2,17,18,20);1H. The van der Waals surface area contributed by atoms with Gasteiger partial charge in [0.15, 0.2) is 5.96 Å². The summed E-state index contributed by atoms with van der Waals surface area (Å²) in [6.45, 7) is 6.45. The summed E-state index contributed by atoms with van der Waals surface area (Å²) in [5.74, 6) is 0.858. The Labute approximate surface area is 170 Å². The van der Waals surface area contributed by atoms with Crippen LogP contribution in [-0.2, 0) is 16.1 Å². The largest absolute Gasteiger partial charge is 0.375 e. The van der Waals surface area contributed by atoms with Crippen LogP contribution in [0.25, 0.3) is 0 Å². The monoisotopic (exact) mass is 481 g/mol. The summed E-state index contributed by atoms with van der Waals surface area (Å²) in [5, 5.41) is 7.88. The molecule has 0 unspecified atom stereocenters. The Kier molecular flexibility index (Phi) is 9.65. The first kappa shape index (κ1) is 22.1. The van der Waals surface area contributed by atoms with Gasteiger partial charge in [0.25, 0.3) is 0 Å². The molecule has 7 nitrogen and oxygen atoms in total. The van der Waals surface area contributed by atoms with E-state index in [1.54, 1.807) is 25.5 Å². The summed E-state index contributed by atoms with van der Waals surface area (Å²) in [6, 6.07) is 0.326. The van der Waals surface area contributed by atoms with Crippen LogP contribution in [0.1, 0.15) is 28.4 Å². The molecule has 2 N–H and O–H groups in total. The van der Waals surface area contributed by atoms with E-state index in [0.29, 0.717) is 6.04 Å². The highest BCUT2D eigenvalue weighted by Gasteiger charge is 2.23. The van der Waals surface area contributed by atoms with Gasteiger partial charge in [0.05, 0.1) is 17.2 Å². The van der Waals surface area contributed by atoms with Gasteiger partial charge in [-0.2, -0.15) is 0 Å². The molecule has 2 rings (SSSR count). The molecule has 0 saturated carbocycles. The third-order valence-electron chi connectivity index (χ3n) is 4.10. The van der Waals surface area contributed by atoms with Gasteiger partial charge in [-0.25, -0.2) is 4.98 Å². The Bertz CT molecular complexity index is 585. The van der Waals surface area contributed by atoms with Gasteiger partial charge in [-0.15, -0.1) is 35.3 Å². The minimum absolute atomic E-state index is 0. The zero-order valence-corrected chi connectivity index (χ0v) is 18.4. The summed E-state index contributed by atoms with van der Waals surface area (Å²) in [7, 11) is 3.32. The fourth-order valence-corrected chi connectivity index (χ4v) is 3.65. The second kappa shape index (κ2) is 10.9. The molecule has 0 bridgehead atoms. The van der Waals surface area contributed by atoms with Crippen LogP contribution in [0.5, 0.6) is 0 Å². The SMILES string of the molecule is CN=C(NCc1sc(C)nc1C)NC1CCN(C(=O)COC)CC1.I. The number of likely N-dealkylation sites (tertiary alicyclic amines) is 1. The van der Waals surface area contributed by atoms with Gasteiger partial charge in [-0.1, -0.05) is 0 Å². The lowest BCUT2D eigenvalue weighted by Crippen LogP contribution is -2.50. The summed E-state index contributed by atoms with van der Waals surface area (Å²) in [5.41, 5.74) is 1.07. The number of nitrogens with one attached hydrogen (secondary N) is 2. The van der Waals surface area contributed by atoms with Gasteiger partial charge >= 0.3 is 0 Å². The number of aromatic nitrogens is 1. The first-order valence-corrected chi connectivity index (χ1v) is 9.02. The van der Waals surface area contributed by atoms with Crippen molar-refractivity contribution in [3.05, 3.63) is 15.6 Å². The topological polar surface area (TPSA) is 78.9 Å². The zero-order chi connectivity index (χ0) is 17.5. The van der Waals surface area contributed by atoms with E-state index in [1.807, 2.05) is 18.7 Å². The van der Waals surface area contributed by atoms with E-state index < -0.39 is 0 Å². The number of rotatable bonds is 5. The third-order valence-corrected chi connectivity index (χ3v) is 5.17. The number of carbonyl (C=O) groups excluding carboxylic acids is 1. The van der Waals surface area contributed by atoms with Gasteiger partial charge in [-0.3, -0.25) is 9.79 Å². The molecule has 1 aliphatic rings. The summed E-state index contributed by atoms with van der Waals surface area (Å²) in [6.07, 6.45) is 1.82. The molecule has 2 heterocycles. The molecule has 0 aromatic carbocycles. The van der Waals surface area contributed by atoms with Crippen LogP contribution in [0.3, 0.4) is 0 Å². The van der Waals surface area contributed by atoms with Crippen molar-refractivity contribution in [3.63, 3.8) is 0 Å². The highest BCUT2D eigenvalue weighted by Crippen LogP contribution is 2.16. The van der Waals surface area contributed by atoms with Crippen molar-refractivity contribution in [2.45, 2.75) is 39.3 Å². The average Bonchev–Trinajstić information content (AvgIpc) is 2.89. The van der Waals surface area contributed by atoms with Crippen molar-refractivity contribution in [3.8, 4) is 0 Å². The van der Waals surface area contributed by atoms with Crippen LogP contribution >= 0.6 is 35.3 Å². The number of ether oxygens (including phenoxy) is 1. The van der Waals surface area contributed by atoms with Gasteiger partial charge in [0, 0.05) is 38.2 Å². The third kappa shape index (κ3) is 6.70. The van der Waals surface area contributed by atoms with E-state index in [9.17, 15) is 4.79 Å². The number of methoxy groups -OCH3 is 1. The first-order valence-electron chi connectivity index (χ1n) is 8.20. The van der Waals surface area contributed by atoms with E-state index in [0.717, 1.165) is 49.1 Å². The Hall–Kier alpha value is -0.940. The van der Waals surface area contributed by atoms with Crippen molar-refractivity contribution in [1.29, 1.82) is 0 Å². The van der Waals surface area contributed by atoms with Crippen molar-refractivity contribution in [2.24, 2.45) is 4.99 Å². The van der Waals surface area contributed by atoms with E-state index in [1.165, 1.54) is 4.88 Å². The number of carbonyl (C=O) groups is 1. The Balaban J connectivity index is 0.00000312. The molecule has 1 aliphatic heterocycles. The number of aryl methyl sites for hydroxylation is 2. The maximum absolute atomic E-state index is 11.8. The number of guanidine groups is 1. The van der Waals surface area contributed by atoms with Crippen molar-refractivity contribution < 1.29 is 9.53 Å². The summed E-state index contributed by atoms with van der Waals surface area (Å²) in [4.78, 5) is 23.6. The van der Waals surface area contributed by atoms with Gasteiger partial charge in [-0.05, 0) is 26.7 Å². The van der Waals surface area contributed by atoms with Gasteiger partial charge in [0.2, 0.25) is 5.91 Å². The van der Waals surface area contributed by atoms with E-state index >= 15 is 0 Å². The molecular formula is C16H28IN5O2S. The quantitative estimate of drug-likeness (QED) is 0.380. The molecule has 1 aromatic rings. The number of piperidine rings is 1. The maximum atomic E-state index is 11.8. The van der Waals surface area contributed by atoms with Crippen LogP contribution in [0.2, 0.25) is 0 Å². The molecule has 25 heavy (non-hydrogen) atoms. The fourth-order valence-electron chi connectivity index (χ4n) is 2.78. The van der Waals surface area contributed by atoms with Crippen LogP contribution < -0.4 is 10.6 Å². The summed E-state index contributed by atoms with van der Waals surface area (Å²) >= 11 is 1.71. The van der Waals surface area contributed by atoms with Crippen molar-refractivity contribution in [2.75, 3.05) is 33.9 Å². The first-order chi connectivity index (χ1) is 11.5. The molecular weight excluding hydrogens is 453 g/mol. The molecule has 142 valence electrons. The van der Waals surface area contributed by atoms with Crippen LogP contribution in [0, 0.1) is 13.8 Å². The molecule has 1 aromatic heterocycles. The highest BCUT2D eigenvalue weighted by molar-refractivity contribution is 14.0. The molecule has 1 fully saturated rings. The molecule has 0 aliphatic carbocycles. The number of halogens is 1. The molecule has 0 atom stereocenters. The number of nitrogens with zero attached hydrogens (tertiary/aromatic N) is 3. The second-order valence-corrected chi connectivity index (χ2v) is 7.19. The minimum atomic E-state index is 0. The Morgan fingerprint density at radius 1 is 1.40 bits per heavy atom. The lowest BCUT2D eigenvalue weighted by Gasteiger charge is -2.33. The number of hydrogen-bond acceptors (Lipinski definition) is 5. The average molecular weight is 481 g/mol. The molecule has 0 spiro atoms. The minimum Gasteiger partial charge on any atom is -0.375 e. The number of thiazole rings is 1. The highest BCUT2D eigenvalue weighted by atomic mass is 127. The zero-order valence-electron chi connectivity index (χ0n) is 15.3. The molecule has 1 saturated heterocycles. The van der Waals surface area contributed by atoms with Crippen LogP contribution in [0.15, 0.2) is 4.99 Å².